The van der Waals surface area contributed by atoms with E-state index >= 15 is 0 Å². The molecule has 0 aromatic carbocycles. The van der Waals surface area contributed by atoms with Crippen molar-refractivity contribution >= 4 is 15.9 Å². The zero-order valence-corrected chi connectivity index (χ0v) is 9.79. The van der Waals surface area contributed by atoms with Gasteiger partial charge >= 0.3 is 12.1 Å². The van der Waals surface area contributed by atoms with Gasteiger partial charge in [-0.15, -0.1) is 0 Å². The van der Waals surface area contributed by atoms with E-state index in [0.29, 0.717) is 0 Å². The summed E-state index contributed by atoms with van der Waals surface area (Å²) in [5.74, 6) is -2.10. The van der Waals surface area contributed by atoms with Crippen LogP contribution in [0.5, 0.6) is 0 Å². The summed E-state index contributed by atoms with van der Waals surface area (Å²) in [7, 11) is -3.55. The maximum atomic E-state index is 11.8. The lowest BCUT2D eigenvalue weighted by atomic mass is 10.1. The Hall–Kier alpha value is -0.830. The number of hydrogen-bond acceptors (Lipinski definition) is 3. The molecule has 0 aliphatic carbocycles. The van der Waals surface area contributed by atoms with Crippen LogP contribution in [-0.4, -0.2) is 38.8 Å². The zero-order valence-electron chi connectivity index (χ0n) is 8.97. The lowest BCUT2D eigenvalue weighted by molar-refractivity contribution is -0.173. The SMILES string of the molecule is CC(C)(CNC(=O)C(F)(F)F)NS(C)(=O)=O. The van der Waals surface area contributed by atoms with Gasteiger partial charge in [0.15, 0.2) is 0 Å². The van der Waals surface area contributed by atoms with E-state index in [1.165, 1.54) is 13.8 Å². The molecule has 0 aromatic rings. The molecule has 0 heterocycles. The molecular formula is C7H13F3N2O3S. The first-order chi connectivity index (χ1) is 6.83. The molecular weight excluding hydrogens is 249 g/mol. The maximum Gasteiger partial charge on any atom is 0.471 e. The molecule has 0 atom stereocenters. The van der Waals surface area contributed by atoms with Crippen LogP contribution in [0.3, 0.4) is 0 Å². The average molecular weight is 262 g/mol. The van der Waals surface area contributed by atoms with Gasteiger partial charge in [0, 0.05) is 12.1 Å². The van der Waals surface area contributed by atoms with Gasteiger partial charge in [-0.1, -0.05) is 0 Å². The van der Waals surface area contributed by atoms with Crippen molar-refractivity contribution in [1.29, 1.82) is 0 Å². The van der Waals surface area contributed by atoms with Crippen molar-refractivity contribution in [2.75, 3.05) is 12.8 Å². The monoisotopic (exact) mass is 262 g/mol. The quantitative estimate of drug-likeness (QED) is 0.748. The number of carbonyl (C=O) groups excluding carboxylic acids is 1. The third-order valence-electron chi connectivity index (χ3n) is 1.41. The second-order valence-electron chi connectivity index (χ2n) is 3.94. The van der Waals surface area contributed by atoms with Gasteiger partial charge in [0.2, 0.25) is 10.0 Å². The number of amides is 1. The van der Waals surface area contributed by atoms with Crippen LogP contribution >= 0.6 is 0 Å². The van der Waals surface area contributed by atoms with Crippen molar-refractivity contribution in [1.82, 2.24) is 10.0 Å². The van der Waals surface area contributed by atoms with E-state index in [1.54, 1.807) is 5.32 Å². The highest BCUT2D eigenvalue weighted by molar-refractivity contribution is 7.88. The molecule has 0 aliphatic rings. The van der Waals surface area contributed by atoms with E-state index in [9.17, 15) is 26.4 Å². The smallest absolute Gasteiger partial charge is 0.346 e. The van der Waals surface area contributed by atoms with Crippen molar-refractivity contribution in [3.63, 3.8) is 0 Å². The van der Waals surface area contributed by atoms with E-state index in [1.807, 2.05) is 0 Å². The first-order valence-corrected chi connectivity index (χ1v) is 6.07. The highest BCUT2D eigenvalue weighted by atomic mass is 32.2. The molecule has 0 aromatic heterocycles. The van der Waals surface area contributed by atoms with Gasteiger partial charge < -0.3 is 5.32 Å². The second-order valence-corrected chi connectivity index (χ2v) is 5.69. The number of halogens is 3. The topological polar surface area (TPSA) is 75.3 Å². The minimum atomic E-state index is -4.97. The van der Waals surface area contributed by atoms with Crippen LogP contribution in [0.1, 0.15) is 13.8 Å². The molecule has 0 spiro atoms. The van der Waals surface area contributed by atoms with Crippen LogP contribution in [0.2, 0.25) is 0 Å². The number of carbonyl (C=O) groups is 1. The van der Waals surface area contributed by atoms with Crippen molar-refractivity contribution in [2.45, 2.75) is 25.6 Å². The molecule has 2 N–H and O–H groups in total. The molecule has 0 saturated heterocycles. The summed E-state index contributed by atoms with van der Waals surface area (Å²) in [6.07, 6.45) is -4.10. The van der Waals surface area contributed by atoms with Crippen LogP contribution in [-0.2, 0) is 14.8 Å². The minimum absolute atomic E-state index is 0.460. The van der Waals surface area contributed by atoms with Crippen molar-refractivity contribution < 1.29 is 26.4 Å². The zero-order chi connectivity index (χ0) is 13.2. The van der Waals surface area contributed by atoms with Crippen LogP contribution in [0.25, 0.3) is 0 Å². The summed E-state index contributed by atoms with van der Waals surface area (Å²) in [6.45, 7) is 2.24. The van der Waals surface area contributed by atoms with Gasteiger partial charge in [0.05, 0.1) is 6.26 Å². The lowest BCUT2D eigenvalue weighted by Gasteiger charge is -2.25. The molecule has 0 aliphatic heterocycles. The van der Waals surface area contributed by atoms with Gasteiger partial charge in [-0.05, 0) is 13.8 Å². The highest BCUT2D eigenvalue weighted by Gasteiger charge is 2.39. The highest BCUT2D eigenvalue weighted by Crippen LogP contribution is 2.14. The van der Waals surface area contributed by atoms with E-state index in [2.05, 4.69) is 4.72 Å². The van der Waals surface area contributed by atoms with E-state index in [-0.39, 0.29) is 0 Å². The Morgan fingerprint density at radius 1 is 1.25 bits per heavy atom. The first-order valence-electron chi connectivity index (χ1n) is 4.17. The molecule has 96 valence electrons. The molecule has 16 heavy (non-hydrogen) atoms. The van der Waals surface area contributed by atoms with E-state index in [0.717, 1.165) is 6.26 Å². The standard InChI is InChI=1S/C7H13F3N2O3S/c1-6(2,12-16(3,14)15)4-11-5(13)7(8,9)10/h12H,4H2,1-3H3,(H,11,13). The van der Waals surface area contributed by atoms with Crippen molar-refractivity contribution in [3.8, 4) is 0 Å². The third kappa shape index (κ3) is 6.62. The fraction of sp³-hybridized carbons (Fsp3) is 0.857. The summed E-state index contributed by atoms with van der Waals surface area (Å²) in [5.41, 5.74) is -1.19. The molecule has 0 fully saturated rings. The number of nitrogens with one attached hydrogen (secondary N) is 2. The normalized spacial score (nSPS) is 13.6. The van der Waals surface area contributed by atoms with Gasteiger partial charge in [-0.25, -0.2) is 13.1 Å². The van der Waals surface area contributed by atoms with Crippen LogP contribution in [0, 0.1) is 0 Å². The summed E-state index contributed by atoms with van der Waals surface area (Å²) in [4.78, 5) is 10.5. The fourth-order valence-corrected chi connectivity index (χ4v) is 2.02. The van der Waals surface area contributed by atoms with E-state index < -0.39 is 34.2 Å². The maximum absolute atomic E-state index is 11.8. The molecule has 9 heteroatoms. The van der Waals surface area contributed by atoms with Crippen LogP contribution in [0.15, 0.2) is 0 Å². The molecule has 0 rings (SSSR count). The number of sulfonamides is 1. The van der Waals surface area contributed by atoms with Gasteiger partial charge in [-0.3, -0.25) is 4.79 Å². The Morgan fingerprint density at radius 3 is 2.00 bits per heavy atom. The lowest BCUT2D eigenvalue weighted by Crippen LogP contribution is -2.52. The summed E-state index contributed by atoms with van der Waals surface area (Å²) in [5, 5.41) is 1.59. The fourth-order valence-electron chi connectivity index (χ4n) is 0.939. The molecule has 0 bridgehead atoms. The van der Waals surface area contributed by atoms with Gasteiger partial charge in [0.25, 0.3) is 0 Å². The molecule has 0 radical (unpaired) electrons. The Bertz CT molecular complexity index is 362. The molecule has 0 saturated carbocycles. The minimum Gasteiger partial charge on any atom is -0.346 e. The first kappa shape index (κ1) is 15.2. The molecule has 5 nitrogen and oxygen atoms in total. The van der Waals surface area contributed by atoms with Crippen LogP contribution < -0.4 is 10.0 Å². The number of rotatable bonds is 4. The van der Waals surface area contributed by atoms with Gasteiger partial charge in [-0.2, -0.15) is 13.2 Å². The van der Waals surface area contributed by atoms with Crippen LogP contribution in [0.4, 0.5) is 13.2 Å². The van der Waals surface area contributed by atoms with Gasteiger partial charge in [0.1, 0.15) is 0 Å². The predicted molar refractivity (Wildman–Crippen MR) is 51.1 cm³/mol. The Balaban J connectivity index is 4.36. The molecule has 1 amide bonds. The Morgan fingerprint density at radius 2 is 1.69 bits per heavy atom. The molecule has 0 unspecified atom stereocenters. The predicted octanol–water partition coefficient (Wildman–Crippen LogP) is -0.00730. The third-order valence-corrected chi connectivity index (χ3v) is 2.33. The average Bonchev–Trinajstić information content (AvgIpc) is 1.93. The number of alkyl halides is 3. The second kappa shape index (κ2) is 4.58. The largest absolute Gasteiger partial charge is 0.471 e. The summed E-state index contributed by atoms with van der Waals surface area (Å²) >= 11 is 0. The number of hydrogen-bond donors (Lipinski definition) is 2. The summed E-state index contributed by atoms with van der Waals surface area (Å²) < 4.78 is 59.2. The summed E-state index contributed by atoms with van der Waals surface area (Å²) in [6, 6.07) is 0. The van der Waals surface area contributed by atoms with E-state index in [4.69, 9.17) is 0 Å². The van der Waals surface area contributed by atoms with Crippen molar-refractivity contribution in [2.24, 2.45) is 0 Å². The van der Waals surface area contributed by atoms with Crippen molar-refractivity contribution in [3.05, 3.63) is 0 Å². The Kier molecular flexibility index (Phi) is 4.34. The Labute approximate surface area is 91.4 Å².